The second-order valence-electron chi connectivity index (χ2n) is 7.24. The molecule has 0 saturated heterocycles. The first-order chi connectivity index (χ1) is 14.0. The van der Waals surface area contributed by atoms with Crippen molar-refractivity contribution >= 4 is 11.0 Å². The van der Waals surface area contributed by atoms with Crippen LogP contribution in [0.3, 0.4) is 0 Å². The van der Waals surface area contributed by atoms with Gasteiger partial charge >= 0.3 is 0 Å². The van der Waals surface area contributed by atoms with Crippen LogP contribution in [0.4, 0.5) is 0 Å². The second-order valence-corrected chi connectivity index (χ2v) is 7.24. The summed E-state index contributed by atoms with van der Waals surface area (Å²) in [7, 11) is 3.43. The van der Waals surface area contributed by atoms with E-state index in [0.717, 1.165) is 45.5 Å². The zero-order chi connectivity index (χ0) is 21.0. The summed E-state index contributed by atoms with van der Waals surface area (Å²) in [5.41, 5.74) is 7.38. The van der Waals surface area contributed by atoms with Gasteiger partial charge in [0.05, 0.1) is 48.3 Å². The lowest BCUT2D eigenvalue weighted by Gasteiger charge is -2.19. The molecular formula is C23H31N3O3. The first kappa shape index (κ1) is 21.3. The van der Waals surface area contributed by atoms with Crippen LogP contribution in [0.25, 0.3) is 22.3 Å². The molecule has 29 heavy (non-hydrogen) atoms. The number of rotatable bonds is 9. The van der Waals surface area contributed by atoms with Crippen molar-refractivity contribution in [3.63, 3.8) is 0 Å². The molecule has 0 saturated carbocycles. The van der Waals surface area contributed by atoms with Crippen molar-refractivity contribution in [1.29, 1.82) is 0 Å². The highest BCUT2D eigenvalue weighted by molar-refractivity contribution is 5.84. The van der Waals surface area contributed by atoms with Gasteiger partial charge in [-0.1, -0.05) is 6.92 Å². The average molecular weight is 398 g/mol. The van der Waals surface area contributed by atoms with Crippen LogP contribution < -0.4 is 4.74 Å². The van der Waals surface area contributed by atoms with E-state index < -0.39 is 0 Å². The maximum absolute atomic E-state index is 5.58. The van der Waals surface area contributed by atoms with Gasteiger partial charge in [0.2, 0.25) is 5.88 Å². The molecule has 0 atom stereocenters. The summed E-state index contributed by atoms with van der Waals surface area (Å²) in [5, 5.41) is 0. The molecule has 0 unspecified atom stereocenters. The molecule has 6 nitrogen and oxygen atoms in total. The summed E-state index contributed by atoms with van der Waals surface area (Å²) in [4.78, 5) is 9.75. The first-order valence-corrected chi connectivity index (χ1v) is 10.1. The maximum Gasteiger partial charge on any atom is 0.213 e. The Bertz CT molecular complexity index is 975. The van der Waals surface area contributed by atoms with Gasteiger partial charge in [-0.2, -0.15) is 0 Å². The normalized spacial score (nSPS) is 11.6. The minimum absolute atomic E-state index is 0.103. The number of aromatic nitrogens is 3. The van der Waals surface area contributed by atoms with Crippen LogP contribution in [0.5, 0.6) is 5.88 Å². The summed E-state index contributed by atoms with van der Waals surface area (Å²) in [6.45, 7) is 10.0. The summed E-state index contributed by atoms with van der Waals surface area (Å²) < 4.78 is 18.6. The molecule has 0 aliphatic rings. The van der Waals surface area contributed by atoms with Gasteiger partial charge < -0.3 is 18.8 Å². The van der Waals surface area contributed by atoms with E-state index in [4.69, 9.17) is 19.2 Å². The number of hydrogen-bond donors (Lipinski definition) is 0. The third-order valence-corrected chi connectivity index (χ3v) is 5.12. The fourth-order valence-corrected chi connectivity index (χ4v) is 3.79. The molecule has 0 amide bonds. The Morgan fingerprint density at radius 3 is 2.34 bits per heavy atom. The number of ether oxygens (including phenoxy) is 3. The minimum atomic E-state index is 0.103. The zero-order valence-electron chi connectivity index (χ0n) is 18.3. The third-order valence-electron chi connectivity index (χ3n) is 5.12. The average Bonchev–Trinajstić information content (AvgIpc) is 3.03. The number of pyridine rings is 2. The molecule has 0 bridgehead atoms. The van der Waals surface area contributed by atoms with Gasteiger partial charge in [0.25, 0.3) is 0 Å². The van der Waals surface area contributed by atoms with Crippen LogP contribution in [0.2, 0.25) is 0 Å². The van der Waals surface area contributed by atoms with Crippen molar-refractivity contribution < 1.29 is 14.2 Å². The number of methoxy groups -OCH3 is 2. The van der Waals surface area contributed by atoms with Crippen LogP contribution in [0.1, 0.15) is 36.7 Å². The van der Waals surface area contributed by atoms with Gasteiger partial charge in [-0.15, -0.1) is 0 Å². The topological polar surface area (TPSA) is 58.4 Å². The van der Waals surface area contributed by atoms with Gasteiger partial charge in [0.1, 0.15) is 0 Å². The molecule has 6 heteroatoms. The molecule has 3 aromatic rings. The van der Waals surface area contributed by atoms with Crippen molar-refractivity contribution in [2.45, 2.75) is 40.2 Å². The Morgan fingerprint density at radius 1 is 1.00 bits per heavy atom. The zero-order valence-corrected chi connectivity index (χ0v) is 18.3. The number of nitrogens with zero attached hydrogens (tertiary/aromatic N) is 3. The van der Waals surface area contributed by atoms with Gasteiger partial charge in [-0.25, -0.2) is 9.97 Å². The van der Waals surface area contributed by atoms with Crippen molar-refractivity contribution in [2.75, 3.05) is 34.0 Å². The Labute approximate surface area is 172 Å². The van der Waals surface area contributed by atoms with E-state index in [-0.39, 0.29) is 6.04 Å². The van der Waals surface area contributed by atoms with Crippen LogP contribution >= 0.6 is 0 Å². The quantitative estimate of drug-likeness (QED) is 0.532. The van der Waals surface area contributed by atoms with Gasteiger partial charge in [-0.05, 0) is 50.5 Å². The molecule has 0 fully saturated rings. The van der Waals surface area contributed by atoms with E-state index in [1.807, 2.05) is 13.0 Å². The minimum Gasteiger partial charge on any atom is -0.478 e. The van der Waals surface area contributed by atoms with E-state index in [9.17, 15) is 0 Å². The van der Waals surface area contributed by atoms with E-state index in [1.165, 1.54) is 0 Å². The highest BCUT2D eigenvalue weighted by Gasteiger charge is 2.19. The predicted octanol–water partition coefficient (Wildman–Crippen LogP) is 4.51. The SMILES string of the molecule is CCOc1ccc(-c2nc3c(C)cn(C(COC)COC)c3cc2C)c(CC)n1. The summed E-state index contributed by atoms with van der Waals surface area (Å²) in [6, 6.07) is 6.31. The largest absolute Gasteiger partial charge is 0.478 e. The molecule has 0 N–H and O–H groups in total. The standard InChI is InChI=1S/C23H31N3O3/c1-7-19-18(9-10-21(24-19)29-8-2)22-15(3)11-20-23(25-22)16(4)12-26(20)17(13-27-5)14-28-6/h9-12,17H,7-8,13-14H2,1-6H3. The monoisotopic (exact) mass is 397 g/mol. The predicted molar refractivity (Wildman–Crippen MR) is 116 cm³/mol. The Hall–Kier alpha value is -2.44. The van der Waals surface area contributed by atoms with E-state index in [2.05, 4.69) is 48.7 Å². The smallest absolute Gasteiger partial charge is 0.213 e. The Balaban J connectivity index is 2.13. The molecule has 0 radical (unpaired) electrons. The molecule has 0 aromatic carbocycles. The van der Waals surface area contributed by atoms with E-state index in [0.29, 0.717) is 25.7 Å². The number of aryl methyl sites for hydroxylation is 3. The maximum atomic E-state index is 5.58. The fraction of sp³-hybridized carbons (Fsp3) is 0.478. The van der Waals surface area contributed by atoms with Crippen LogP contribution in [-0.4, -0.2) is 48.6 Å². The lowest BCUT2D eigenvalue weighted by Crippen LogP contribution is -2.19. The van der Waals surface area contributed by atoms with Gasteiger partial charge in [0, 0.05) is 32.0 Å². The van der Waals surface area contributed by atoms with Crippen LogP contribution in [0, 0.1) is 13.8 Å². The first-order valence-electron chi connectivity index (χ1n) is 10.1. The van der Waals surface area contributed by atoms with E-state index in [1.54, 1.807) is 14.2 Å². The molecule has 156 valence electrons. The molecule has 3 rings (SSSR count). The molecule has 0 spiro atoms. The summed E-state index contributed by atoms with van der Waals surface area (Å²) >= 11 is 0. The second kappa shape index (κ2) is 9.37. The van der Waals surface area contributed by atoms with Gasteiger partial charge in [-0.3, -0.25) is 0 Å². The highest BCUT2D eigenvalue weighted by atomic mass is 16.5. The summed E-state index contributed by atoms with van der Waals surface area (Å²) in [6.07, 6.45) is 2.96. The number of hydrogen-bond acceptors (Lipinski definition) is 5. The Kier molecular flexibility index (Phi) is 6.87. The van der Waals surface area contributed by atoms with Crippen molar-refractivity contribution in [3.8, 4) is 17.1 Å². The van der Waals surface area contributed by atoms with Gasteiger partial charge in [0.15, 0.2) is 0 Å². The van der Waals surface area contributed by atoms with E-state index >= 15 is 0 Å². The van der Waals surface area contributed by atoms with Crippen LogP contribution in [-0.2, 0) is 15.9 Å². The lowest BCUT2D eigenvalue weighted by molar-refractivity contribution is 0.0913. The van der Waals surface area contributed by atoms with Crippen molar-refractivity contribution in [3.05, 3.63) is 41.2 Å². The molecule has 0 aliphatic carbocycles. The third kappa shape index (κ3) is 4.28. The van der Waals surface area contributed by atoms with Crippen molar-refractivity contribution in [2.24, 2.45) is 0 Å². The Morgan fingerprint density at radius 2 is 1.72 bits per heavy atom. The molecule has 3 heterocycles. The molecule has 0 aliphatic heterocycles. The van der Waals surface area contributed by atoms with Crippen LogP contribution in [0.15, 0.2) is 24.4 Å². The lowest BCUT2D eigenvalue weighted by atomic mass is 10.0. The molecular weight excluding hydrogens is 366 g/mol. The number of fused-ring (bicyclic) bond motifs is 1. The highest BCUT2D eigenvalue weighted by Crippen LogP contribution is 2.32. The summed E-state index contributed by atoms with van der Waals surface area (Å²) in [5.74, 6) is 0.663. The molecule has 3 aromatic heterocycles. The fourth-order valence-electron chi connectivity index (χ4n) is 3.79. The van der Waals surface area contributed by atoms with Crippen molar-refractivity contribution in [1.82, 2.24) is 14.5 Å².